The molecule has 0 radical (unpaired) electrons. The first-order chi connectivity index (χ1) is 12.2. The highest BCUT2D eigenvalue weighted by Gasteiger charge is 2.14. The van der Waals surface area contributed by atoms with Gasteiger partial charge in [0.2, 0.25) is 0 Å². The molecule has 2 aromatic rings. The predicted molar refractivity (Wildman–Crippen MR) is 109 cm³/mol. The first-order valence-electron chi connectivity index (χ1n) is 7.74. The van der Waals surface area contributed by atoms with Crippen molar-refractivity contribution in [3.8, 4) is 0 Å². The quantitative estimate of drug-likeness (QED) is 0.538. The van der Waals surface area contributed by atoms with Crippen LogP contribution in [0.4, 0.5) is 5.69 Å². The summed E-state index contributed by atoms with van der Waals surface area (Å²) in [7, 11) is -3.72. The second kappa shape index (κ2) is 8.64. The van der Waals surface area contributed by atoms with Crippen LogP contribution in [0.25, 0.3) is 6.08 Å². The summed E-state index contributed by atoms with van der Waals surface area (Å²) in [6.07, 6.45) is 3.46. The van der Waals surface area contributed by atoms with Crippen molar-refractivity contribution in [1.29, 1.82) is 0 Å². The molecule has 8 heteroatoms. The number of benzene rings is 2. The number of hydrogen-bond acceptors (Lipinski definition) is 4. The topological polar surface area (TPSA) is 69.6 Å². The molecule has 26 heavy (non-hydrogen) atoms. The van der Waals surface area contributed by atoms with Gasteiger partial charge in [0.15, 0.2) is 0 Å². The van der Waals surface area contributed by atoms with Crippen molar-refractivity contribution in [2.75, 3.05) is 4.72 Å². The monoisotopic (exact) mass is 410 g/mol. The van der Waals surface area contributed by atoms with Crippen LogP contribution < -0.4 is 4.72 Å². The highest BCUT2D eigenvalue weighted by Crippen LogP contribution is 2.19. The Morgan fingerprint density at radius 1 is 1.27 bits per heavy atom. The maximum Gasteiger partial charge on any atom is 0.261 e. The molecule has 2 N–H and O–H groups in total. The second-order valence-electron chi connectivity index (χ2n) is 5.65. The van der Waals surface area contributed by atoms with Crippen molar-refractivity contribution in [2.45, 2.75) is 24.8 Å². The van der Waals surface area contributed by atoms with E-state index in [0.29, 0.717) is 21.3 Å². The smallest absolute Gasteiger partial charge is 0.261 e. The number of hydrogen-bond donors (Lipinski definition) is 2. The Balaban J connectivity index is 2.19. The fraction of sp³-hybridized carbons (Fsp3) is 0.167. The number of rotatable bonds is 6. The molecule has 5 nitrogen and oxygen atoms in total. The first-order valence-corrected chi connectivity index (χ1v) is 10.0. The lowest BCUT2D eigenvalue weighted by Crippen LogP contribution is -2.31. The lowest BCUT2D eigenvalue weighted by atomic mass is 10.2. The number of sulfonamides is 1. The minimum absolute atomic E-state index is 0.133. The number of thiocarbonyl (C=S) groups is 1. The van der Waals surface area contributed by atoms with Crippen LogP contribution >= 0.6 is 23.8 Å². The number of anilines is 1. The SMILES string of the molecule is CC(=S)N(O)C(C)C=Cc1cccc(S(=O)(=O)Nc2ccc(Cl)cc2)c1. The van der Waals surface area contributed by atoms with Gasteiger partial charge in [-0.1, -0.05) is 48.1 Å². The zero-order valence-corrected chi connectivity index (χ0v) is 16.6. The molecule has 0 spiro atoms. The van der Waals surface area contributed by atoms with Crippen molar-refractivity contribution in [2.24, 2.45) is 0 Å². The minimum Gasteiger partial charge on any atom is -0.287 e. The summed E-state index contributed by atoms with van der Waals surface area (Å²) in [5, 5.41) is 11.3. The van der Waals surface area contributed by atoms with Gasteiger partial charge in [-0.05, 0) is 55.8 Å². The average molecular weight is 411 g/mol. The van der Waals surface area contributed by atoms with Crippen molar-refractivity contribution < 1.29 is 13.6 Å². The van der Waals surface area contributed by atoms with E-state index in [9.17, 15) is 13.6 Å². The van der Waals surface area contributed by atoms with Crippen molar-refractivity contribution in [3.63, 3.8) is 0 Å². The van der Waals surface area contributed by atoms with E-state index in [0.717, 1.165) is 5.06 Å². The van der Waals surface area contributed by atoms with Crippen LogP contribution in [0.1, 0.15) is 19.4 Å². The van der Waals surface area contributed by atoms with Gasteiger partial charge in [-0.25, -0.2) is 13.5 Å². The van der Waals surface area contributed by atoms with E-state index < -0.39 is 10.0 Å². The molecule has 1 unspecified atom stereocenters. The summed E-state index contributed by atoms with van der Waals surface area (Å²) < 4.78 is 27.6. The molecule has 0 aliphatic rings. The Labute approximate surface area is 163 Å². The summed E-state index contributed by atoms with van der Waals surface area (Å²) in [6, 6.07) is 12.6. The number of nitrogens with one attached hydrogen (secondary N) is 1. The standard InChI is InChI=1S/C18H19ClN2O3S2/c1-13(21(22)14(2)25)6-7-15-4-3-5-18(12-15)26(23,24)20-17-10-8-16(19)9-11-17/h3-13,20,22H,1-2H3. The molecule has 0 heterocycles. The van der Waals surface area contributed by atoms with Gasteiger partial charge >= 0.3 is 0 Å². The molecule has 0 aliphatic heterocycles. The lowest BCUT2D eigenvalue weighted by molar-refractivity contribution is -0.0305. The molecule has 2 aromatic carbocycles. The lowest BCUT2D eigenvalue weighted by Gasteiger charge is -2.20. The van der Waals surface area contributed by atoms with Crippen LogP contribution in [-0.4, -0.2) is 29.7 Å². The Morgan fingerprint density at radius 3 is 2.54 bits per heavy atom. The largest absolute Gasteiger partial charge is 0.287 e. The van der Waals surface area contributed by atoms with Crippen LogP contribution in [0.5, 0.6) is 0 Å². The summed E-state index contributed by atoms with van der Waals surface area (Å²) in [4.78, 5) is 0.486. The summed E-state index contributed by atoms with van der Waals surface area (Å²) in [5.41, 5.74) is 1.11. The number of hydroxylamine groups is 2. The maximum absolute atomic E-state index is 12.5. The predicted octanol–water partition coefficient (Wildman–Crippen LogP) is 4.58. The third-order valence-electron chi connectivity index (χ3n) is 3.54. The van der Waals surface area contributed by atoms with Gasteiger partial charge in [-0.2, -0.15) is 0 Å². The second-order valence-corrected chi connectivity index (χ2v) is 8.36. The fourth-order valence-corrected chi connectivity index (χ4v) is 3.54. The van der Waals surface area contributed by atoms with E-state index >= 15 is 0 Å². The van der Waals surface area contributed by atoms with Crippen LogP contribution in [0, 0.1) is 0 Å². The average Bonchev–Trinajstić information content (AvgIpc) is 2.61. The van der Waals surface area contributed by atoms with Gasteiger partial charge in [-0.3, -0.25) is 9.93 Å². The van der Waals surface area contributed by atoms with Crippen molar-refractivity contribution >= 4 is 50.6 Å². The van der Waals surface area contributed by atoms with E-state index in [1.165, 1.54) is 6.07 Å². The number of nitrogens with zero attached hydrogens (tertiary/aromatic N) is 1. The molecule has 1 atom stereocenters. The third-order valence-corrected chi connectivity index (χ3v) is 5.36. The van der Waals surface area contributed by atoms with E-state index in [2.05, 4.69) is 4.72 Å². The highest BCUT2D eigenvalue weighted by molar-refractivity contribution is 7.92. The zero-order valence-electron chi connectivity index (χ0n) is 14.3. The van der Waals surface area contributed by atoms with E-state index in [4.69, 9.17) is 23.8 Å². The molecular weight excluding hydrogens is 392 g/mol. The van der Waals surface area contributed by atoms with Crippen LogP contribution in [-0.2, 0) is 10.0 Å². The molecule has 0 aromatic heterocycles. The van der Waals surface area contributed by atoms with Crippen molar-refractivity contribution in [3.05, 3.63) is 65.2 Å². The van der Waals surface area contributed by atoms with Gasteiger partial charge in [-0.15, -0.1) is 0 Å². The summed E-state index contributed by atoms with van der Waals surface area (Å²) in [6.45, 7) is 3.39. The van der Waals surface area contributed by atoms with Gasteiger partial charge in [0.05, 0.1) is 10.9 Å². The van der Waals surface area contributed by atoms with Crippen LogP contribution in [0.3, 0.4) is 0 Å². The fourth-order valence-electron chi connectivity index (χ4n) is 2.14. The minimum atomic E-state index is -3.72. The highest BCUT2D eigenvalue weighted by atomic mass is 35.5. The molecule has 138 valence electrons. The van der Waals surface area contributed by atoms with Crippen molar-refractivity contribution in [1.82, 2.24) is 5.06 Å². The molecule has 0 saturated carbocycles. The third kappa shape index (κ3) is 5.54. The molecule has 0 fully saturated rings. The van der Waals surface area contributed by atoms with Gasteiger partial charge in [0, 0.05) is 10.7 Å². The van der Waals surface area contributed by atoms with E-state index in [1.807, 2.05) is 0 Å². The summed E-state index contributed by atoms with van der Waals surface area (Å²) in [5.74, 6) is 0. The zero-order chi connectivity index (χ0) is 19.3. The Morgan fingerprint density at radius 2 is 1.92 bits per heavy atom. The molecule has 2 rings (SSSR count). The molecule has 0 amide bonds. The maximum atomic E-state index is 12.5. The molecule has 0 saturated heterocycles. The Kier molecular flexibility index (Phi) is 6.77. The van der Waals surface area contributed by atoms with Gasteiger partial charge in [0.25, 0.3) is 10.0 Å². The normalized spacial score (nSPS) is 12.8. The van der Waals surface area contributed by atoms with E-state index in [1.54, 1.807) is 68.5 Å². The van der Waals surface area contributed by atoms with Gasteiger partial charge < -0.3 is 0 Å². The Hall–Kier alpha value is -1.93. The molecule has 0 bridgehead atoms. The first kappa shape index (κ1) is 20.4. The molecule has 0 aliphatic carbocycles. The summed E-state index contributed by atoms with van der Waals surface area (Å²) >= 11 is 10.7. The molecular formula is C18H19ClN2O3S2. The van der Waals surface area contributed by atoms with Crippen LogP contribution in [0.15, 0.2) is 59.5 Å². The number of halogens is 1. The van der Waals surface area contributed by atoms with Gasteiger partial charge in [0.1, 0.15) is 4.99 Å². The van der Waals surface area contributed by atoms with E-state index in [-0.39, 0.29) is 10.9 Å². The Bertz CT molecular complexity index is 912. The van der Waals surface area contributed by atoms with Crippen LogP contribution in [0.2, 0.25) is 5.02 Å².